The molecule has 8 nitrogen and oxygen atoms in total. The van der Waals surface area contributed by atoms with Gasteiger partial charge in [0, 0.05) is 30.0 Å². The van der Waals surface area contributed by atoms with Crippen LogP contribution < -0.4 is 21.3 Å². The number of imidazole rings is 1. The van der Waals surface area contributed by atoms with Crippen LogP contribution in [0.15, 0.2) is 109 Å². The van der Waals surface area contributed by atoms with Gasteiger partial charge in [-0.1, -0.05) is 84.9 Å². The molecule has 0 bridgehead atoms. The van der Waals surface area contributed by atoms with Crippen molar-refractivity contribution in [2.75, 3.05) is 6.54 Å². The smallest absolute Gasteiger partial charge is 0.251 e. The first-order valence-corrected chi connectivity index (χ1v) is 16.0. The Balaban J connectivity index is 1.23. The fourth-order valence-electron chi connectivity index (χ4n) is 5.69. The highest BCUT2D eigenvalue weighted by Crippen LogP contribution is 2.24. The first-order valence-electron chi connectivity index (χ1n) is 16.0. The summed E-state index contributed by atoms with van der Waals surface area (Å²) in [7, 11) is 0. The van der Waals surface area contributed by atoms with Crippen molar-refractivity contribution in [1.29, 1.82) is 0 Å². The molecule has 5 rings (SSSR count). The van der Waals surface area contributed by atoms with E-state index >= 15 is 0 Å². The van der Waals surface area contributed by atoms with Crippen molar-refractivity contribution in [2.24, 2.45) is 0 Å². The van der Waals surface area contributed by atoms with Crippen molar-refractivity contribution in [2.45, 2.75) is 64.3 Å². The molecule has 5 N–H and O–H groups in total. The van der Waals surface area contributed by atoms with Gasteiger partial charge in [-0.3, -0.25) is 9.59 Å². The van der Waals surface area contributed by atoms with Gasteiger partial charge in [-0.2, -0.15) is 0 Å². The summed E-state index contributed by atoms with van der Waals surface area (Å²) in [6.45, 7) is 8.25. The molecule has 4 aromatic carbocycles. The van der Waals surface area contributed by atoms with Crippen LogP contribution in [0.5, 0.6) is 0 Å². The van der Waals surface area contributed by atoms with Gasteiger partial charge in [0.15, 0.2) is 0 Å². The summed E-state index contributed by atoms with van der Waals surface area (Å²) in [6, 6.07) is 31.1. The Morgan fingerprint density at radius 1 is 0.848 bits per heavy atom. The van der Waals surface area contributed by atoms with E-state index in [1.165, 1.54) is 5.56 Å². The van der Waals surface area contributed by atoms with Gasteiger partial charge in [-0.25, -0.2) is 4.98 Å². The SMILES string of the molecule is C[C@H](NC(=O)[C@H](CCCNC(C)(C)c1ccccc1)NC(=O)c1ccc(CNCc2ncc[nH]2)cc1)c1cccc2ccccc12. The number of nitrogens with zero attached hydrogens (tertiary/aromatic N) is 1. The van der Waals surface area contributed by atoms with Crippen LogP contribution in [0.3, 0.4) is 0 Å². The Morgan fingerprint density at radius 3 is 2.35 bits per heavy atom. The largest absolute Gasteiger partial charge is 0.348 e. The average molecular weight is 617 g/mol. The normalized spacial score (nSPS) is 12.8. The molecule has 0 radical (unpaired) electrons. The maximum atomic E-state index is 13.8. The van der Waals surface area contributed by atoms with Crippen LogP contribution in [0.2, 0.25) is 0 Å². The second kappa shape index (κ2) is 15.5. The van der Waals surface area contributed by atoms with Crippen molar-refractivity contribution < 1.29 is 9.59 Å². The van der Waals surface area contributed by atoms with Crippen LogP contribution in [0, 0.1) is 0 Å². The summed E-state index contributed by atoms with van der Waals surface area (Å²) in [5.41, 5.74) is 3.58. The summed E-state index contributed by atoms with van der Waals surface area (Å²) in [5.74, 6) is 0.398. The molecular weight excluding hydrogens is 572 g/mol. The monoisotopic (exact) mass is 616 g/mol. The third-order valence-corrected chi connectivity index (χ3v) is 8.39. The van der Waals surface area contributed by atoms with Crippen molar-refractivity contribution in [1.82, 2.24) is 31.2 Å². The molecule has 1 aromatic heterocycles. The van der Waals surface area contributed by atoms with E-state index in [9.17, 15) is 9.59 Å². The Kier molecular flexibility index (Phi) is 11.0. The number of aromatic amines is 1. The van der Waals surface area contributed by atoms with Gasteiger partial charge in [-0.05, 0) is 79.8 Å². The molecule has 46 heavy (non-hydrogen) atoms. The zero-order chi connectivity index (χ0) is 32.4. The molecule has 0 spiro atoms. The van der Waals surface area contributed by atoms with Crippen LogP contribution in [-0.4, -0.2) is 34.4 Å². The van der Waals surface area contributed by atoms with Crippen LogP contribution in [0.1, 0.15) is 72.5 Å². The second-order valence-electron chi connectivity index (χ2n) is 12.2. The molecule has 1 heterocycles. The molecule has 0 saturated heterocycles. The summed E-state index contributed by atoms with van der Waals surface area (Å²) in [6.07, 6.45) is 4.72. The van der Waals surface area contributed by atoms with Gasteiger partial charge in [0.05, 0.1) is 12.6 Å². The van der Waals surface area contributed by atoms with Crippen LogP contribution in [0.4, 0.5) is 0 Å². The minimum atomic E-state index is -0.693. The first-order chi connectivity index (χ1) is 22.3. The molecule has 0 aliphatic carbocycles. The number of benzene rings is 4. The fraction of sp³-hybridized carbons (Fsp3) is 0.289. The van der Waals surface area contributed by atoms with Gasteiger partial charge < -0.3 is 26.3 Å². The summed E-state index contributed by atoms with van der Waals surface area (Å²) >= 11 is 0. The Morgan fingerprint density at radius 2 is 1.59 bits per heavy atom. The summed E-state index contributed by atoms with van der Waals surface area (Å²) in [4.78, 5) is 34.5. The van der Waals surface area contributed by atoms with Crippen LogP contribution in [0.25, 0.3) is 10.8 Å². The number of nitrogens with one attached hydrogen (secondary N) is 5. The van der Waals surface area contributed by atoms with Gasteiger partial charge in [0.25, 0.3) is 5.91 Å². The molecule has 0 fully saturated rings. The second-order valence-corrected chi connectivity index (χ2v) is 12.2. The number of H-pyrrole nitrogens is 1. The lowest BCUT2D eigenvalue weighted by Crippen LogP contribution is -2.48. The number of rotatable bonds is 15. The number of fused-ring (bicyclic) bond motifs is 1. The number of amides is 2. The number of hydrogen-bond donors (Lipinski definition) is 5. The molecule has 2 atom stereocenters. The Bertz CT molecular complexity index is 1700. The molecule has 0 saturated carbocycles. The number of carbonyl (C=O) groups is 2. The molecule has 0 unspecified atom stereocenters. The van der Waals surface area contributed by atoms with Gasteiger partial charge in [0.1, 0.15) is 11.9 Å². The zero-order valence-electron chi connectivity index (χ0n) is 26.8. The lowest BCUT2D eigenvalue weighted by molar-refractivity contribution is -0.123. The van der Waals surface area contributed by atoms with Crippen molar-refractivity contribution >= 4 is 22.6 Å². The van der Waals surface area contributed by atoms with E-state index < -0.39 is 6.04 Å². The van der Waals surface area contributed by atoms with Crippen molar-refractivity contribution in [3.05, 3.63) is 138 Å². The van der Waals surface area contributed by atoms with E-state index in [4.69, 9.17) is 0 Å². The van der Waals surface area contributed by atoms with E-state index in [0.29, 0.717) is 38.0 Å². The lowest BCUT2D eigenvalue weighted by atomic mass is 9.94. The van der Waals surface area contributed by atoms with Crippen molar-refractivity contribution in [3.63, 3.8) is 0 Å². The molecule has 0 aliphatic heterocycles. The van der Waals surface area contributed by atoms with E-state index in [-0.39, 0.29) is 23.4 Å². The highest BCUT2D eigenvalue weighted by atomic mass is 16.2. The minimum absolute atomic E-state index is 0.199. The van der Waals surface area contributed by atoms with Crippen molar-refractivity contribution in [3.8, 4) is 0 Å². The standard InChI is InChI=1S/C38H44N6O2/c1-27(32-16-9-12-29-11-7-8-15-33(29)32)43-37(46)34(17-10-22-42-38(2,3)31-13-5-4-6-14-31)44-36(45)30-20-18-28(19-21-30)25-39-26-35-40-23-24-41-35/h4-9,11-16,18-21,23-24,27,34,39,42H,10,17,22,25-26H2,1-3H3,(H,40,41)(H,43,46)(H,44,45)/t27-,34-/m0/s1. The first kappa shape index (κ1) is 32.6. The Labute approximate surface area is 271 Å². The third-order valence-electron chi connectivity index (χ3n) is 8.39. The highest BCUT2D eigenvalue weighted by Gasteiger charge is 2.25. The van der Waals surface area contributed by atoms with E-state index in [0.717, 1.165) is 27.7 Å². The molecule has 8 heteroatoms. The van der Waals surface area contributed by atoms with Crippen LogP contribution in [-0.2, 0) is 23.4 Å². The summed E-state index contributed by atoms with van der Waals surface area (Å²) in [5, 5.41) is 15.4. The maximum Gasteiger partial charge on any atom is 0.251 e. The molecule has 238 valence electrons. The molecule has 2 amide bonds. The molecular formula is C38H44N6O2. The fourth-order valence-corrected chi connectivity index (χ4v) is 5.69. The highest BCUT2D eigenvalue weighted by molar-refractivity contribution is 5.97. The summed E-state index contributed by atoms with van der Waals surface area (Å²) < 4.78 is 0. The number of aromatic nitrogens is 2. The lowest BCUT2D eigenvalue weighted by Gasteiger charge is -2.28. The number of carbonyl (C=O) groups excluding carboxylic acids is 2. The number of hydrogen-bond acceptors (Lipinski definition) is 5. The predicted octanol–water partition coefficient (Wildman–Crippen LogP) is 6.13. The minimum Gasteiger partial charge on any atom is -0.348 e. The van der Waals surface area contributed by atoms with E-state index in [2.05, 4.69) is 75.4 Å². The average Bonchev–Trinajstić information content (AvgIpc) is 3.60. The maximum absolute atomic E-state index is 13.8. The van der Waals surface area contributed by atoms with E-state index in [1.807, 2.05) is 61.5 Å². The zero-order valence-corrected chi connectivity index (χ0v) is 26.8. The van der Waals surface area contributed by atoms with Crippen LogP contribution >= 0.6 is 0 Å². The van der Waals surface area contributed by atoms with Gasteiger partial charge >= 0.3 is 0 Å². The quantitative estimate of drug-likeness (QED) is 0.0909. The molecule has 0 aliphatic rings. The topological polar surface area (TPSA) is 111 Å². The van der Waals surface area contributed by atoms with E-state index in [1.54, 1.807) is 24.5 Å². The predicted molar refractivity (Wildman–Crippen MR) is 184 cm³/mol. The van der Waals surface area contributed by atoms with Gasteiger partial charge in [0.2, 0.25) is 5.91 Å². The Hall–Kier alpha value is -4.79. The van der Waals surface area contributed by atoms with Gasteiger partial charge in [-0.15, -0.1) is 0 Å². The third kappa shape index (κ3) is 8.68. The molecule has 5 aromatic rings.